The zero-order valence-corrected chi connectivity index (χ0v) is 20.8. The maximum atomic E-state index is 13.0. The number of benzene rings is 2. The molecule has 1 aliphatic rings. The van der Waals surface area contributed by atoms with Gasteiger partial charge in [0.2, 0.25) is 0 Å². The van der Waals surface area contributed by atoms with Gasteiger partial charge in [-0.15, -0.1) is 0 Å². The average Bonchev–Trinajstić information content (AvgIpc) is 2.78. The normalized spacial score (nSPS) is 16.6. The summed E-state index contributed by atoms with van der Waals surface area (Å²) in [4.78, 5) is 15.0. The molecule has 1 heterocycles. The van der Waals surface area contributed by atoms with Gasteiger partial charge in [0.15, 0.2) is 5.11 Å². The number of hydrogen-bond acceptors (Lipinski definition) is 5. The molecule has 0 spiro atoms. The minimum atomic E-state index is -3.70. The summed E-state index contributed by atoms with van der Waals surface area (Å²) in [6, 6.07) is 14.5. The summed E-state index contributed by atoms with van der Waals surface area (Å²) in [5, 5.41) is 3.76. The molecule has 2 aromatic carbocycles. The van der Waals surface area contributed by atoms with E-state index in [-0.39, 0.29) is 10.8 Å². The van der Waals surface area contributed by atoms with Gasteiger partial charge in [0.05, 0.1) is 23.1 Å². The number of rotatable bonds is 8. The van der Waals surface area contributed by atoms with Crippen molar-refractivity contribution in [1.29, 1.82) is 0 Å². The van der Waals surface area contributed by atoms with Crippen LogP contribution in [-0.4, -0.2) is 37.6 Å². The molecule has 3 rings (SSSR count). The van der Waals surface area contributed by atoms with E-state index >= 15 is 0 Å². The van der Waals surface area contributed by atoms with Gasteiger partial charge < -0.3 is 15.0 Å². The second kappa shape index (κ2) is 10.4. The quantitative estimate of drug-likeness (QED) is 0.426. The molecule has 2 N–H and O–H groups in total. The number of nitrogens with one attached hydrogen (secondary N) is 2. The van der Waals surface area contributed by atoms with E-state index in [4.69, 9.17) is 17.0 Å². The van der Waals surface area contributed by atoms with Crippen molar-refractivity contribution in [2.75, 3.05) is 17.9 Å². The molecule has 1 atom stereocenters. The Morgan fingerprint density at radius 1 is 1.15 bits per heavy atom. The number of hydrogen-bond donors (Lipinski definition) is 2. The Bertz CT molecular complexity index is 1140. The predicted octanol–water partition coefficient (Wildman–Crippen LogP) is 4.21. The fourth-order valence-corrected chi connectivity index (χ4v) is 5.02. The van der Waals surface area contributed by atoms with E-state index in [1.165, 1.54) is 12.1 Å². The summed E-state index contributed by atoms with van der Waals surface area (Å²) in [7, 11) is -3.70. The molecule has 0 radical (unpaired) electrons. The molecular formula is C24H29N3O4S2. The van der Waals surface area contributed by atoms with E-state index in [1.54, 1.807) is 42.5 Å². The van der Waals surface area contributed by atoms with Crippen molar-refractivity contribution in [3.8, 4) is 0 Å². The summed E-state index contributed by atoms with van der Waals surface area (Å²) < 4.78 is 33.3. The third kappa shape index (κ3) is 5.72. The molecule has 9 heteroatoms. The van der Waals surface area contributed by atoms with Gasteiger partial charge in [-0.05, 0) is 61.8 Å². The molecule has 0 aliphatic carbocycles. The predicted molar refractivity (Wildman–Crippen MR) is 133 cm³/mol. The van der Waals surface area contributed by atoms with Crippen LogP contribution in [0.4, 0.5) is 5.69 Å². The average molecular weight is 488 g/mol. The molecule has 1 unspecified atom stereocenters. The van der Waals surface area contributed by atoms with Gasteiger partial charge in [0, 0.05) is 17.9 Å². The summed E-state index contributed by atoms with van der Waals surface area (Å²) in [5.41, 5.74) is 2.42. The molecule has 176 valence electrons. The molecule has 0 bridgehead atoms. The number of esters is 1. The van der Waals surface area contributed by atoms with Crippen LogP contribution in [0.2, 0.25) is 0 Å². The van der Waals surface area contributed by atoms with Crippen molar-refractivity contribution in [2.24, 2.45) is 5.92 Å². The number of carbonyl (C=O) groups excluding carboxylic acids is 1. The highest BCUT2D eigenvalue weighted by Gasteiger charge is 2.34. The molecule has 0 saturated carbocycles. The fraction of sp³-hybridized carbons (Fsp3) is 0.333. The monoisotopic (exact) mass is 487 g/mol. The highest BCUT2D eigenvalue weighted by molar-refractivity contribution is 7.92. The summed E-state index contributed by atoms with van der Waals surface area (Å²) in [5.74, 6) is -0.182. The van der Waals surface area contributed by atoms with E-state index in [0.29, 0.717) is 29.5 Å². The molecule has 2 aromatic rings. The summed E-state index contributed by atoms with van der Waals surface area (Å²) in [6.45, 7) is 8.72. The van der Waals surface area contributed by atoms with Gasteiger partial charge >= 0.3 is 5.97 Å². The van der Waals surface area contributed by atoms with E-state index < -0.39 is 22.0 Å². The number of anilines is 1. The molecular weight excluding hydrogens is 458 g/mol. The van der Waals surface area contributed by atoms with Crippen LogP contribution in [0.3, 0.4) is 0 Å². The van der Waals surface area contributed by atoms with Gasteiger partial charge in [-0.1, -0.05) is 44.2 Å². The number of allylic oxidation sites excluding steroid dienone is 1. The first kappa shape index (κ1) is 24.7. The van der Waals surface area contributed by atoms with Crippen LogP contribution < -0.4 is 10.0 Å². The lowest BCUT2D eigenvalue weighted by Crippen LogP contribution is -2.47. The van der Waals surface area contributed by atoms with Crippen LogP contribution >= 0.6 is 12.2 Å². The van der Waals surface area contributed by atoms with Crippen molar-refractivity contribution in [2.45, 2.75) is 38.6 Å². The zero-order valence-electron chi connectivity index (χ0n) is 19.2. The van der Waals surface area contributed by atoms with Gasteiger partial charge in [-0.25, -0.2) is 13.2 Å². The first-order chi connectivity index (χ1) is 15.6. The summed E-state index contributed by atoms with van der Waals surface area (Å²) in [6.07, 6.45) is 0. The Kier molecular flexibility index (Phi) is 7.76. The minimum absolute atomic E-state index is 0.182. The second-order valence-electron chi connectivity index (χ2n) is 8.16. The highest BCUT2D eigenvalue weighted by Crippen LogP contribution is 2.32. The van der Waals surface area contributed by atoms with Crippen molar-refractivity contribution in [3.05, 3.63) is 71.4 Å². The number of thiocarbonyl (C=S) groups is 1. The Balaban J connectivity index is 1.89. The zero-order chi connectivity index (χ0) is 24.2. The van der Waals surface area contributed by atoms with E-state index in [0.717, 1.165) is 11.3 Å². The number of nitrogens with zero attached hydrogens (tertiary/aromatic N) is 1. The van der Waals surface area contributed by atoms with Crippen LogP contribution in [0.5, 0.6) is 0 Å². The first-order valence-corrected chi connectivity index (χ1v) is 12.7. The van der Waals surface area contributed by atoms with Crippen molar-refractivity contribution < 1.29 is 17.9 Å². The minimum Gasteiger partial charge on any atom is -0.462 e. The van der Waals surface area contributed by atoms with Crippen LogP contribution in [0.1, 0.15) is 39.3 Å². The molecule has 0 saturated heterocycles. The van der Waals surface area contributed by atoms with Crippen LogP contribution in [0.15, 0.2) is 70.8 Å². The van der Waals surface area contributed by atoms with E-state index in [1.807, 2.05) is 32.6 Å². The Hall–Kier alpha value is -2.91. The molecule has 33 heavy (non-hydrogen) atoms. The third-order valence-electron chi connectivity index (χ3n) is 5.23. The fourth-order valence-electron chi connectivity index (χ4n) is 3.55. The summed E-state index contributed by atoms with van der Waals surface area (Å²) >= 11 is 5.51. The SMILES string of the molecule is CCN1C(=S)NC(c2ccc(NS(=O)(=O)c3ccccc3)cc2)C(C(=O)OCC(C)C)=C1C. The number of ether oxygens (including phenoxy) is 1. The van der Waals surface area contributed by atoms with Crippen molar-refractivity contribution in [1.82, 2.24) is 10.2 Å². The van der Waals surface area contributed by atoms with Gasteiger partial charge in [0.25, 0.3) is 10.0 Å². The third-order valence-corrected chi connectivity index (χ3v) is 6.97. The Morgan fingerprint density at radius 3 is 2.36 bits per heavy atom. The smallest absolute Gasteiger partial charge is 0.338 e. The van der Waals surface area contributed by atoms with E-state index in [9.17, 15) is 13.2 Å². The maximum Gasteiger partial charge on any atom is 0.338 e. The lowest BCUT2D eigenvalue weighted by atomic mass is 9.95. The van der Waals surface area contributed by atoms with Crippen LogP contribution in [0, 0.1) is 5.92 Å². The number of carbonyl (C=O) groups is 1. The largest absolute Gasteiger partial charge is 0.462 e. The molecule has 0 fully saturated rings. The van der Waals surface area contributed by atoms with E-state index in [2.05, 4.69) is 10.0 Å². The number of sulfonamides is 1. The molecule has 0 amide bonds. The van der Waals surface area contributed by atoms with Crippen LogP contribution in [0.25, 0.3) is 0 Å². The Morgan fingerprint density at radius 2 is 1.79 bits per heavy atom. The van der Waals surface area contributed by atoms with Gasteiger partial charge in [0.1, 0.15) is 0 Å². The second-order valence-corrected chi connectivity index (χ2v) is 10.2. The van der Waals surface area contributed by atoms with Crippen molar-refractivity contribution in [3.63, 3.8) is 0 Å². The van der Waals surface area contributed by atoms with Gasteiger partial charge in [-0.2, -0.15) is 0 Å². The first-order valence-electron chi connectivity index (χ1n) is 10.8. The standard InChI is InChI=1S/C24H29N3O4S2/c1-5-27-17(4)21(23(28)31-15-16(2)3)22(25-24(27)32)18-11-13-19(14-12-18)26-33(29,30)20-9-7-6-8-10-20/h6-14,16,22,26H,5,15H2,1-4H3,(H,25,32). The lowest BCUT2D eigenvalue weighted by Gasteiger charge is -2.37. The van der Waals surface area contributed by atoms with Crippen LogP contribution in [-0.2, 0) is 19.6 Å². The molecule has 1 aliphatic heterocycles. The Labute approximate surface area is 200 Å². The topological polar surface area (TPSA) is 87.7 Å². The highest BCUT2D eigenvalue weighted by atomic mass is 32.2. The molecule has 7 nitrogen and oxygen atoms in total. The maximum absolute atomic E-state index is 13.0. The lowest BCUT2D eigenvalue weighted by molar-refractivity contribution is -0.140. The molecule has 0 aromatic heterocycles. The van der Waals surface area contributed by atoms with Gasteiger partial charge in [-0.3, -0.25) is 4.72 Å². The van der Waals surface area contributed by atoms with Crippen molar-refractivity contribution >= 4 is 39.0 Å².